The summed E-state index contributed by atoms with van der Waals surface area (Å²) in [5, 5.41) is 0.607. The minimum Gasteiger partial charge on any atom is -0.492 e. The van der Waals surface area contributed by atoms with Crippen molar-refractivity contribution in [1.82, 2.24) is 8.87 Å². The van der Waals surface area contributed by atoms with Gasteiger partial charge in [0.1, 0.15) is 12.4 Å². The van der Waals surface area contributed by atoms with Gasteiger partial charge in [-0.05, 0) is 30.3 Å². The Kier molecular flexibility index (Phi) is 5.46. The van der Waals surface area contributed by atoms with Gasteiger partial charge in [-0.15, -0.1) is 0 Å². The second-order valence-electron chi connectivity index (χ2n) is 4.99. The van der Waals surface area contributed by atoms with E-state index in [9.17, 15) is 13.2 Å². The van der Waals surface area contributed by atoms with Gasteiger partial charge in [0.25, 0.3) is 5.56 Å². The molecular weight excluding hydrogens is 340 g/mol. The average molecular weight is 357 g/mol. The molecule has 0 spiro atoms. The van der Waals surface area contributed by atoms with Crippen LogP contribution in [0.1, 0.15) is 0 Å². The number of benzene rings is 1. The summed E-state index contributed by atoms with van der Waals surface area (Å²) in [5.41, 5.74) is -0.289. The van der Waals surface area contributed by atoms with E-state index in [-0.39, 0.29) is 23.6 Å². The first-order chi connectivity index (χ1) is 10.8. The predicted octanol–water partition coefficient (Wildman–Crippen LogP) is 1.83. The fraction of sp³-hybridized carbons (Fsp3) is 0.267. The lowest BCUT2D eigenvalue weighted by Crippen LogP contribution is -2.27. The van der Waals surface area contributed by atoms with Crippen LogP contribution < -0.4 is 10.3 Å². The van der Waals surface area contributed by atoms with E-state index >= 15 is 0 Å². The molecule has 8 heteroatoms. The van der Waals surface area contributed by atoms with E-state index in [2.05, 4.69) is 0 Å². The SMILES string of the molecule is CN(C)S(=O)(=O)c1ccc(=O)n(CCOc2ccc(Cl)cc2)c1. The molecule has 1 aromatic heterocycles. The maximum Gasteiger partial charge on any atom is 0.250 e. The molecule has 1 heterocycles. The molecule has 124 valence electrons. The standard InChI is InChI=1S/C15H17ClN2O4S/c1-17(2)23(20,21)14-7-8-15(19)18(11-14)9-10-22-13-5-3-12(16)4-6-13/h3-8,11H,9-10H2,1-2H3. The van der Waals surface area contributed by atoms with E-state index in [0.29, 0.717) is 10.8 Å². The largest absolute Gasteiger partial charge is 0.492 e. The number of halogens is 1. The third kappa shape index (κ3) is 4.34. The van der Waals surface area contributed by atoms with Crippen LogP contribution in [-0.4, -0.2) is 38.0 Å². The first-order valence-corrected chi connectivity index (χ1v) is 8.64. The smallest absolute Gasteiger partial charge is 0.250 e. The van der Waals surface area contributed by atoms with E-state index in [4.69, 9.17) is 16.3 Å². The van der Waals surface area contributed by atoms with E-state index in [1.807, 2.05) is 0 Å². The highest BCUT2D eigenvalue weighted by Gasteiger charge is 2.18. The summed E-state index contributed by atoms with van der Waals surface area (Å²) in [5.74, 6) is 0.625. The minimum atomic E-state index is -3.58. The van der Waals surface area contributed by atoms with Crippen LogP contribution in [0.15, 0.2) is 52.3 Å². The second kappa shape index (κ2) is 7.16. The number of nitrogens with zero attached hydrogens (tertiary/aromatic N) is 2. The summed E-state index contributed by atoms with van der Waals surface area (Å²) < 4.78 is 32.1. The van der Waals surface area contributed by atoms with Crippen LogP contribution in [0.5, 0.6) is 5.75 Å². The van der Waals surface area contributed by atoms with Gasteiger partial charge < -0.3 is 9.30 Å². The molecule has 6 nitrogen and oxygen atoms in total. The quantitative estimate of drug-likeness (QED) is 0.791. The van der Waals surface area contributed by atoms with Gasteiger partial charge in [0, 0.05) is 31.4 Å². The Hall–Kier alpha value is -1.83. The zero-order chi connectivity index (χ0) is 17.0. The molecule has 0 N–H and O–H groups in total. The van der Waals surface area contributed by atoms with Crippen molar-refractivity contribution >= 4 is 21.6 Å². The van der Waals surface area contributed by atoms with Crippen LogP contribution in [0.25, 0.3) is 0 Å². The summed E-state index contributed by atoms with van der Waals surface area (Å²) in [6.45, 7) is 0.464. The molecule has 0 atom stereocenters. The van der Waals surface area contributed by atoms with E-state index in [0.717, 1.165) is 4.31 Å². The maximum atomic E-state index is 12.1. The zero-order valence-corrected chi connectivity index (χ0v) is 14.3. The van der Waals surface area contributed by atoms with E-state index in [1.165, 1.54) is 37.0 Å². The molecule has 0 saturated carbocycles. The molecule has 0 aliphatic heterocycles. The first-order valence-electron chi connectivity index (χ1n) is 6.82. The minimum absolute atomic E-state index is 0.0635. The highest BCUT2D eigenvalue weighted by atomic mass is 35.5. The highest BCUT2D eigenvalue weighted by molar-refractivity contribution is 7.89. The summed E-state index contributed by atoms with van der Waals surface area (Å²) in [7, 11) is -0.702. The van der Waals surface area contributed by atoms with Crippen molar-refractivity contribution < 1.29 is 13.2 Å². The van der Waals surface area contributed by atoms with Crippen LogP contribution in [0.4, 0.5) is 0 Å². The monoisotopic (exact) mass is 356 g/mol. The van der Waals surface area contributed by atoms with Gasteiger partial charge in [-0.2, -0.15) is 0 Å². The average Bonchev–Trinajstić information content (AvgIpc) is 2.50. The fourth-order valence-corrected chi connectivity index (χ4v) is 2.89. The number of hydrogen-bond acceptors (Lipinski definition) is 4. The van der Waals surface area contributed by atoms with Crippen molar-refractivity contribution in [1.29, 1.82) is 0 Å². The molecular formula is C15H17ClN2O4S. The third-order valence-electron chi connectivity index (χ3n) is 3.15. The van der Waals surface area contributed by atoms with Crippen molar-refractivity contribution in [2.75, 3.05) is 20.7 Å². The number of hydrogen-bond donors (Lipinski definition) is 0. The van der Waals surface area contributed by atoms with Crippen LogP contribution in [0, 0.1) is 0 Å². The van der Waals surface area contributed by atoms with Crippen LogP contribution in [-0.2, 0) is 16.6 Å². The van der Waals surface area contributed by atoms with Crippen molar-refractivity contribution in [2.45, 2.75) is 11.4 Å². The molecule has 0 aliphatic carbocycles. The summed E-state index contributed by atoms with van der Waals surface area (Å²) in [4.78, 5) is 11.9. The van der Waals surface area contributed by atoms with Gasteiger partial charge in [0.2, 0.25) is 10.0 Å². The second-order valence-corrected chi connectivity index (χ2v) is 7.57. The third-order valence-corrected chi connectivity index (χ3v) is 5.20. The summed E-state index contributed by atoms with van der Waals surface area (Å²) in [6, 6.07) is 9.38. The summed E-state index contributed by atoms with van der Waals surface area (Å²) in [6.07, 6.45) is 1.32. The van der Waals surface area contributed by atoms with Gasteiger partial charge in [-0.25, -0.2) is 12.7 Å². The molecule has 2 rings (SSSR count). The molecule has 0 amide bonds. The topological polar surface area (TPSA) is 68.6 Å². The van der Waals surface area contributed by atoms with Gasteiger partial charge in [-0.3, -0.25) is 4.79 Å². The molecule has 0 bridgehead atoms. The Morgan fingerprint density at radius 2 is 1.78 bits per heavy atom. The Balaban J connectivity index is 2.11. The van der Waals surface area contributed by atoms with Crippen molar-refractivity contribution in [2.24, 2.45) is 0 Å². The lowest BCUT2D eigenvalue weighted by Gasteiger charge is -2.13. The van der Waals surface area contributed by atoms with Crippen molar-refractivity contribution in [3.8, 4) is 5.75 Å². The van der Waals surface area contributed by atoms with E-state index < -0.39 is 10.0 Å². The normalized spacial score (nSPS) is 11.7. The molecule has 23 heavy (non-hydrogen) atoms. The zero-order valence-electron chi connectivity index (χ0n) is 12.8. The molecule has 0 radical (unpaired) electrons. The van der Waals surface area contributed by atoms with E-state index in [1.54, 1.807) is 24.3 Å². The number of sulfonamides is 1. The molecule has 1 aromatic carbocycles. The van der Waals surface area contributed by atoms with Gasteiger partial charge >= 0.3 is 0 Å². The lowest BCUT2D eigenvalue weighted by atomic mass is 10.3. The Morgan fingerprint density at radius 3 is 2.39 bits per heavy atom. The molecule has 2 aromatic rings. The fourth-order valence-electron chi connectivity index (χ4n) is 1.84. The molecule has 0 fully saturated rings. The number of rotatable bonds is 6. The van der Waals surface area contributed by atoms with Gasteiger partial charge in [-0.1, -0.05) is 11.6 Å². The van der Waals surface area contributed by atoms with Crippen molar-refractivity contribution in [3.05, 3.63) is 58.0 Å². The van der Waals surface area contributed by atoms with Crippen LogP contribution in [0.3, 0.4) is 0 Å². The van der Waals surface area contributed by atoms with Crippen molar-refractivity contribution in [3.63, 3.8) is 0 Å². The lowest BCUT2D eigenvalue weighted by molar-refractivity contribution is 0.296. The summed E-state index contributed by atoms with van der Waals surface area (Å²) >= 11 is 5.79. The molecule has 0 saturated heterocycles. The van der Waals surface area contributed by atoms with Crippen LogP contribution >= 0.6 is 11.6 Å². The first kappa shape index (κ1) is 17.5. The van der Waals surface area contributed by atoms with Gasteiger partial charge in [0.05, 0.1) is 11.4 Å². The Labute approximate surface area is 139 Å². The van der Waals surface area contributed by atoms with Crippen LogP contribution in [0.2, 0.25) is 5.02 Å². The predicted molar refractivity (Wildman–Crippen MR) is 88.5 cm³/mol. The van der Waals surface area contributed by atoms with Gasteiger partial charge in [0.15, 0.2) is 0 Å². The molecule has 0 unspecified atom stereocenters. The number of pyridine rings is 1. The Morgan fingerprint density at radius 1 is 1.13 bits per heavy atom. The number of aromatic nitrogens is 1. The maximum absolute atomic E-state index is 12.1. The highest BCUT2D eigenvalue weighted by Crippen LogP contribution is 2.15. The molecule has 0 aliphatic rings. The Bertz CT molecular complexity index is 829. The number of ether oxygens (including phenoxy) is 1.